The molecule has 2 heterocycles. The summed E-state index contributed by atoms with van der Waals surface area (Å²) in [6.07, 6.45) is 0. The quantitative estimate of drug-likeness (QED) is 0.401. The third kappa shape index (κ3) is 5.95. The average Bonchev–Trinajstić information content (AvgIpc) is 3.22. The zero-order valence-electron chi connectivity index (χ0n) is 20.6. The minimum absolute atomic E-state index is 0.0521. The SMILES string of the molecule is CC(=O)N1CCN(Cc2sc(C(C)N(c3cc(F)ccc3F)S(=O)(=O)c3ccc(Cl)cc3)nc2C)CC1. The van der Waals surface area contributed by atoms with Gasteiger partial charge in [-0.3, -0.25) is 14.0 Å². The van der Waals surface area contributed by atoms with E-state index in [0.29, 0.717) is 42.8 Å². The Balaban J connectivity index is 1.68. The van der Waals surface area contributed by atoms with Crippen molar-refractivity contribution in [1.82, 2.24) is 14.8 Å². The predicted molar refractivity (Wildman–Crippen MR) is 140 cm³/mol. The van der Waals surface area contributed by atoms with Gasteiger partial charge in [0.2, 0.25) is 5.91 Å². The van der Waals surface area contributed by atoms with Gasteiger partial charge in [-0.15, -0.1) is 11.3 Å². The zero-order valence-corrected chi connectivity index (χ0v) is 23.0. The maximum absolute atomic E-state index is 14.9. The molecule has 1 atom stereocenters. The van der Waals surface area contributed by atoms with Gasteiger partial charge in [-0.2, -0.15) is 0 Å². The van der Waals surface area contributed by atoms with Crippen LogP contribution in [0.25, 0.3) is 0 Å². The molecule has 12 heteroatoms. The van der Waals surface area contributed by atoms with E-state index in [4.69, 9.17) is 11.6 Å². The first-order valence-electron chi connectivity index (χ1n) is 11.7. The number of benzene rings is 2. The summed E-state index contributed by atoms with van der Waals surface area (Å²) >= 11 is 7.28. The number of aromatic nitrogens is 1. The summed E-state index contributed by atoms with van der Waals surface area (Å²) in [5.74, 6) is -1.58. The minimum Gasteiger partial charge on any atom is -0.340 e. The van der Waals surface area contributed by atoms with E-state index in [-0.39, 0.29) is 10.8 Å². The van der Waals surface area contributed by atoms with E-state index < -0.39 is 33.4 Å². The number of piperazine rings is 1. The molecule has 0 bridgehead atoms. The number of hydrogen-bond acceptors (Lipinski definition) is 6. The molecular weight excluding hydrogens is 542 g/mol. The molecule has 2 aromatic carbocycles. The van der Waals surface area contributed by atoms with Crippen molar-refractivity contribution >= 4 is 44.6 Å². The number of amides is 1. The first-order valence-corrected chi connectivity index (χ1v) is 14.3. The molecule has 1 amide bonds. The van der Waals surface area contributed by atoms with Gasteiger partial charge in [0.1, 0.15) is 16.6 Å². The summed E-state index contributed by atoms with van der Waals surface area (Å²) in [5.41, 5.74) is 0.335. The number of sulfonamides is 1. The van der Waals surface area contributed by atoms with Crippen molar-refractivity contribution < 1.29 is 22.0 Å². The number of hydrogen-bond donors (Lipinski definition) is 0. The smallest absolute Gasteiger partial charge is 0.265 e. The lowest BCUT2D eigenvalue weighted by molar-refractivity contribution is -0.130. The van der Waals surface area contributed by atoms with Gasteiger partial charge in [0.25, 0.3) is 10.0 Å². The van der Waals surface area contributed by atoms with Crippen molar-refractivity contribution in [2.75, 3.05) is 30.5 Å². The number of aryl methyl sites for hydroxylation is 1. The molecule has 37 heavy (non-hydrogen) atoms. The topological polar surface area (TPSA) is 73.8 Å². The van der Waals surface area contributed by atoms with E-state index >= 15 is 0 Å². The Labute approximate surface area is 224 Å². The highest BCUT2D eigenvalue weighted by Crippen LogP contribution is 2.37. The molecule has 0 aliphatic carbocycles. The number of carbonyl (C=O) groups is 1. The maximum Gasteiger partial charge on any atom is 0.265 e. The van der Waals surface area contributed by atoms with Crippen LogP contribution in [0.2, 0.25) is 5.02 Å². The summed E-state index contributed by atoms with van der Waals surface area (Å²) < 4.78 is 57.5. The van der Waals surface area contributed by atoms with Gasteiger partial charge in [0.05, 0.1) is 22.3 Å². The van der Waals surface area contributed by atoms with Crippen LogP contribution in [0, 0.1) is 18.6 Å². The maximum atomic E-state index is 14.9. The standard InChI is InChI=1S/C25H27ClF2N4O3S2/c1-16-24(15-30-10-12-31(13-11-30)18(3)33)36-25(29-16)17(2)32(23-14-20(27)6-9-22(23)28)37(34,35)21-7-4-19(26)5-8-21/h4-9,14,17H,10-13,15H2,1-3H3. The summed E-state index contributed by atoms with van der Waals surface area (Å²) in [5, 5.41) is 0.802. The Morgan fingerprint density at radius 1 is 1.14 bits per heavy atom. The van der Waals surface area contributed by atoms with Crippen LogP contribution in [0.5, 0.6) is 0 Å². The fraction of sp³-hybridized carbons (Fsp3) is 0.360. The monoisotopic (exact) mass is 568 g/mol. The fourth-order valence-corrected chi connectivity index (χ4v) is 7.19. The van der Waals surface area contributed by atoms with Gasteiger partial charge in [0.15, 0.2) is 0 Å². The first kappa shape index (κ1) is 27.4. The van der Waals surface area contributed by atoms with E-state index in [2.05, 4.69) is 9.88 Å². The van der Waals surface area contributed by atoms with Gasteiger partial charge < -0.3 is 4.90 Å². The third-order valence-electron chi connectivity index (χ3n) is 6.32. The lowest BCUT2D eigenvalue weighted by Gasteiger charge is -2.34. The molecule has 3 aromatic rings. The predicted octanol–water partition coefficient (Wildman–Crippen LogP) is 5.00. The van der Waals surface area contributed by atoms with Crippen molar-refractivity contribution in [3.63, 3.8) is 0 Å². The van der Waals surface area contributed by atoms with Crippen LogP contribution in [-0.2, 0) is 21.4 Å². The summed E-state index contributed by atoms with van der Waals surface area (Å²) in [7, 11) is -4.32. The summed E-state index contributed by atoms with van der Waals surface area (Å²) in [6, 6.07) is 7.29. The lowest BCUT2D eigenvalue weighted by Crippen LogP contribution is -2.47. The van der Waals surface area contributed by atoms with Gasteiger partial charge in [-0.25, -0.2) is 22.2 Å². The van der Waals surface area contributed by atoms with Crippen LogP contribution in [0.3, 0.4) is 0 Å². The summed E-state index contributed by atoms with van der Waals surface area (Å²) in [6.45, 7) is 8.31. The molecule has 4 rings (SSSR count). The Kier molecular flexibility index (Phi) is 8.17. The van der Waals surface area contributed by atoms with Crippen LogP contribution >= 0.6 is 22.9 Å². The Hall–Kier alpha value is -2.60. The molecule has 1 aromatic heterocycles. The van der Waals surface area contributed by atoms with E-state index in [0.717, 1.165) is 33.1 Å². The first-order chi connectivity index (χ1) is 17.5. The highest BCUT2D eigenvalue weighted by molar-refractivity contribution is 7.92. The van der Waals surface area contributed by atoms with Crippen LogP contribution in [0.4, 0.5) is 14.5 Å². The van der Waals surface area contributed by atoms with E-state index in [9.17, 15) is 22.0 Å². The molecule has 1 saturated heterocycles. The highest BCUT2D eigenvalue weighted by atomic mass is 35.5. The van der Waals surface area contributed by atoms with Crippen LogP contribution in [0.1, 0.15) is 35.5 Å². The second-order valence-electron chi connectivity index (χ2n) is 8.87. The average molecular weight is 569 g/mol. The molecule has 0 radical (unpaired) electrons. The zero-order chi connectivity index (χ0) is 26.9. The molecule has 1 fully saturated rings. The number of nitrogens with zero attached hydrogens (tertiary/aromatic N) is 4. The molecule has 1 aliphatic heterocycles. The second-order valence-corrected chi connectivity index (χ2v) is 12.2. The molecule has 1 aliphatic rings. The minimum atomic E-state index is -4.32. The molecule has 7 nitrogen and oxygen atoms in total. The normalized spacial score (nSPS) is 15.6. The van der Waals surface area contributed by atoms with E-state index in [1.54, 1.807) is 18.7 Å². The lowest BCUT2D eigenvalue weighted by atomic mass is 10.2. The largest absolute Gasteiger partial charge is 0.340 e. The molecule has 0 N–H and O–H groups in total. The van der Waals surface area contributed by atoms with Crippen molar-refractivity contribution in [3.05, 3.63) is 74.7 Å². The molecule has 0 saturated carbocycles. The summed E-state index contributed by atoms with van der Waals surface area (Å²) in [4.78, 5) is 21.1. The van der Waals surface area contributed by atoms with Crippen LogP contribution < -0.4 is 4.31 Å². The van der Waals surface area contributed by atoms with Crippen molar-refractivity contribution in [3.8, 4) is 0 Å². The number of thiazole rings is 1. The molecule has 0 spiro atoms. The Bertz CT molecular complexity index is 1390. The van der Waals surface area contributed by atoms with Gasteiger partial charge in [-0.05, 0) is 50.2 Å². The van der Waals surface area contributed by atoms with Crippen molar-refractivity contribution in [1.29, 1.82) is 0 Å². The van der Waals surface area contributed by atoms with Crippen LogP contribution in [-0.4, -0.2) is 55.3 Å². The third-order valence-corrected chi connectivity index (χ3v) is 9.78. The van der Waals surface area contributed by atoms with E-state index in [1.165, 1.54) is 35.6 Å². The number of anilines is 1. The van der Waals surface area contributed by atoms with Crippen LogP contribution in [0.15, 0.2) is 47.4 Å². The van der Waals surface area contributed by atoms with Gasteiger partial charge >= 0.3 is 0 Å². The fourth-order valence-electron chi connectivity index (χ4n) is 4.22. The second kappa shape index (κ2) is 11.0. The van der Waals surface area contributed by atoms with Crippen molar-refractivity contribution in [2.24, 2.45) is 0 Å². The number of carbonyl (C=O) groups excluding carboxylic acids is 1. The van der Waals surface area contributed by atoms with E-state index in [1.807, 2.05) is 6.92 Å². The Morgan fingerprint density at radius 3 is 2.41 bits per heavy atom. The highest BCUT2D eigenvalue weighted by Gasteiger charge is 2.34. The number of halogens is 3. The molecule has 198 valence electrons. The van der Waals surface area contributed by atoms with Gasteiger partial charge in [-0.1, -0.05) is 11.6 Å². The van der Waals surface area contributed by atoms with Crippen molar-refractivity contribution in [2.45, 2.75) is 38.3 Å². The molecule has 1 unspecified atom stereocenters. The Morgan fingerprint density at radius 2 is 1.78 bits per heavy atom. The van der Waals surface area contributed by atoms with Gasteiger partial charge in [0, 0.05) is 55.6 Å². The molecular formula is C25H27ClF2N4O3S2. The number of rotatable bonds is 7.